The molecule has 21 heavy (non-hydrogen) atoms. The van der Waals surface area contributed by atoms with Crippen molar-refractivity contribution in [2.75, 3.05) is 5.32 Å². The smallest absolute Gasteiger partial charge is 0.237 e. The Morgan fingerprint density at radius 2 is 1.86 bits per heavy atom. The van der Waals surface area contributed by atoms with Gasteiger partial charge in [-0.2, -0.15) is 0 Å². The number of hydrogen-bond acceptors (Lipinski definition) is 2. The molecule has 2 nitrogen and oxygen atoms in total. The Balaban J connectivity index is 1.97. The van der Waals surface area contributed by atoms with Crippen molar-refractivity contribution in [3.05, 3.63) is 59.9 Å². The number of carbonyl (C=O) groups is 1. The van der Waals surface area contributed by atoms with E-state index in [9.17, 15) is 9.18 Å². The first-order valence-corrected chi connectivity index (χ1v) is 7.79. The van der Waals surface area contributed by atoms with E-state index < -0.39 is 0 Å². The van der Waals surface area contributed by atoms with Crippen LogP contribution in [-0.4, -0.2) is 11.2 Å². The fraction of sp³-hybridized carbons (Fsp3) is 0.235. The van der Waals surface area contributed by atoms with Crippen LogP contribution in [0.2, 0.25) is 0 Å². The average Bonchev–Trinajstić information content (AvgIpc) is 2.50. The molecular formula is C17H18FNOS. The molecule has 0 unspecified atom stereocenters. The summed E-state index contributed by atoms with van der Waals surface area (Å²) >= 11 is 1.22. The second-order valence-corrected chi connectivity index (χ2v) is 6.11. The predicted octanol–water partition coefficient (Wildman–Crippen LogP) is 4.51. The molecule has 1 amide bonds. The van der Waals surface area contributed by atoms with Gasteiger partial charge < -0.3 is 5.32 Å². The number of hydrogen-bond donors (Lipinski definition) is 1. The van der Waals surface area contributed by atoms with Crippen molar-refractivity contribution >= 4 is 23.4 Å². The molecule has 0 aliphatic carbocycles. The van der Waals surface area contributed by atoms with Gasteiger partial charge in [-0.25, -0.2) is 4.39 Å². The van der Waals surface area contributed by atoms with Gasteiger partial charge in [-0.05, 0) is 43.2 Å². The molecule has 0 fully saturated rings. The first-order chi connectivity index (χ1) is 10.1. The maximum Gasteiger partial charge on any atom is 0.237 e. The highest BCUT2D eigenvalue weighted by molar-refractivity contribution is 8.00. The van der Waals surface area contributed by atoms with Crippen molar-refractivity contribution in [3.63, 3.8) is 0 Å². The molecule has 1 N–H and O–H groups in total. The standard InChI is InChI=1S/C17H18FNOS/c1-3-13-8-10-14(11-9-13)19-17(20)12(2)21-16-7-5-4-6-15(16)18/h4-12H,3H2,1-2H3,(H,19,20)/t12-/m1/s1. The SMILES string of the molecule is CCc1ccc(NC(=O)[C@@H](C)Sc2ccccc2F)cc1. The molecule has 0 aliphatic heterocycles. The Bertz CT molecular complexity index is 612. The van der Waals surface area contributed by atoms with Crippen molar-refractivity contribution in [1.29, 1.82) is 0 Å². The van der Waals surface area contributed by atoms with Crippen molar-refractivity contribution < 1.29 is 9.18 Å². The Labute approximate surface area is 128 Å². The number of carbonyl (C=O) groups excluding carboxylic acids is 1. The molecule has 2 aromatic rings. The van der Waals surface area contributed by atoms with Crippen molar-refractivity contribution in [2.45, 2.75) is 30.4 Å². The number of halogens is 1. The maximum absolute atomic E-state index is 13.6. The zero-order valence-electron chi connectivity index (χ0n) is 12.1. The lowest BCUT2D eigenvalue weighted by atomic mass is 10.1. The van der Waals surface area contributed by atoms with Crippen LogP contribution in [-0.2, 0) is 11.2 Å². The average molecular weight is 303 g/mol. The zero-order valence-corrected chi connectivity index (χ0v) is 12.9. The fourth-order valence-electron chi connectivity index (χ4n) is 1.85. The number of aryl methyl sites for hydroxylation is 1. The van der Waals surface area contributed by atoms with E-state index in [0.29, 0.717) is 4.90 Å². The third-order valence-corrected chi connectivity index (χ3v) is 4.29. The molecular weight excluding hydrogens is 285 g/mol. The van der Waals surface area contributed by atoms with Gasteiger partial charge in [0.05, 0.1) is 5.25 Å². The largest absolute Gasteiger partial charge is 0.325 e. The van der Waals surface area contributed by atoms with Gasteiger partial charge in [0.2, 0.25) is 5.91 Å². The van der Waals surface area contributed by atoms with E-state index >= 15 is 0 Å². The first kappa shape index (κ1) is 15.6. The monoisotopic (exact) mass is 303 g/mol. The van der Waals surface area contributed by atoms with Crippen molar-refractivity contribution in [2.24, 2.45) is 0 Å². The van der Waals surface area contributed by atoms with Crippen LogP contribution >= 0.6 is 11.8 Å². The van der Waals surface area contributed by atoms with Gasteiger partial charge in [-0.15, -0.1) is 11.8 Å². The highest BCUT2D eigenvalue weighted by Gasteiger charge is 2.16. The molecule has 0 saturated carbocycles. The summed E-state index contributed by atoms with van der Waals surface area (Å²) in [6, 6.07) is 14.2. The minimum Gasteiger partial charge on any atom is -0.325 e. The highest BCUT2D eigenvalue weighted by atomic mass is 32.2. The van der Waals surface area contributed by atoms with E-state index in [1.807, 2.05) is 24.3 Å². The van der Waals surface area contributed by atoms with E-state index in [-0.39, 0.29) is 17.0 Å². The Hall–Kier alpha value is -1.81. The number of nitrogens with one attached hydrogen (secondary N) is 1. The van der Waals surface area contributed by atoms with Gasteiger partial charge >= 0.3 is 0 Å². The summed E-state index contributed by atoms with van der Waals surface area (Å²) in [4.78, 5) is 12.6. The van der Waals surface area contributed by atoms with Crippen LogP contribution < -0.4 is 5.32 Å². The maximum atomic E-state index is 13.6. The lowest BCUT2D eigenvalue weighted by Crippen LogP contribution is -2.22. The molecule has 110 valence electrons. The summed E-state index contributed by atoms with van der Waals surface area (Å²) in [6.07, 6.45) is 0.966. The summed E-state index contributed by atoms with van der Waals surface area (Å²) in [5, 5.41) is 2.48. The van der Waals surface area contributed by atoms with E-state index in [4.69, 9.17) is 0 Å². The van der Waals surface area contributed by atoms with Crippen LogP contribution in [0.3, 0.4) is 0 Å². The first-order valence-electron chi connectivity index (χ1n) is 6.91. The number of amides is 1. The highest BCUT2D eigenvalue weighted by Crippen LogP contribution is 2.26. The van der Waals surface area contributed by atoms with Crippen LogP contribution in [0.4, 0.5) is 10.1 Å². The third-order valence-electron chi connectivity index (χ3n) is 3.14. The van der Waals surface area contributed by atoms with Gasteiger partial charge in [0, 0.05) is 10.6 Å². The van der Waals surface area contributed by atoms with Crippen LogP contribution in [0.1, 0.15) is 19.4 Å². The molecule has 2 aromatic carbocycles. The summed E-state index contributed by atoms with van der Waals surface area (Å²) in [7, 11) is 0. The van der Waals surface area contributed by atoms with Crippen LogP contribution in [0, 0.1) is 5.82 Å². The lowest BCUT2D eigenvalue weighted by Gasteiger charge is -2.12. The number of thioether (sulfide) groups is 1. The molecule has 2 rings (SSSR count). The second kappa shape index (κ2) is 7.27. The summed E-state index contributed by atoms with van der Waals surface area (Å²) in [5.41, 5.74) is 1.99. The Kier molecular flexibility index (Phi) is 5.39. The van der Waals surface area contributed by atoms with Gasteiger partial charge in [-0.1, -0.05) is 31.2 Å². The summed E-state index contributed by atoms with van der Waals surface area (Å²) in [5.74, 6) is -0.429. The summed E-state index contributed by atoms with van der Waals surface area (Å²) < 4.78 is 13.6. The van der Waals surface area contributed by atoms with Crippen molar-refractivity contribution in [1.82, 2.24) is 0 Å². The normalized spacial score (nSPS) is 12.0. The molecule has 0 radical (unpaired) electrons. The van der Waals surface area contributed by atoms with E-state index in [0.717, 1.165) is 12.1 Å². The van der Waals surface area contributed by atoms with E-state index in [2.05, 4.69) is 12.2 Å². The Morgan fingerprint density at radius 3 is 2.48 bits per heavy atom. The quantitative estimate of drug-likeness (QED) is 0.824. The molecule has 0 aromatic heterocycles. The molecule has 0 saturated heterocycles. The fourth-order valence-corrected chi connectivity index (χ4v) is 2.74. The molecule has 1 atom stereocenters. The van der Waals surface area contributed by atoms with Gasteiger partial charge in [0.25, 0.3) is 0 Å². The van der Waals surface area contributed by atoms with Crippen LogP contribution in [0.5, 0.6) is 0 Å². The number of benzene rings is 2. The molecule has 0 aliphatic rings. The van der Waals surface area contributed by atoms with E-state index in [1.54, 1.807) is 25.1 Å². The zero-order chi connectivity index (χ0) is 15.2. The molecule has 0 bridgehead atoms. The molecule has 0 spiro atoms. The topological polar surface area (TPSA) is 29.1 Å². The van der Waals surface area contributed by atoms with Crippen LogP contribution in [0.25, 0.3) is 0 Å². The summed E-state index contributed by atoms with van der Waals surface area (Å²) in [6.45, 7) is 3.85. The van der Waals surface area contributed by atoms with Gasteiger partial charge in [-0.3, -0.25) is 4.79 Å². The molecule has 4 heteroatoms. The predicted molar refractivity (Wildman–Crippen MR) is 86.2 cm³/mol. The minimum atomic E-state index is -0.368. The number of anilines is 1. The minimum absolute atomic E-state index is 0.132. The third kappa shape index (κ3) is 4.33. The second-order valence-electron chi connectivity index (χ2n) is 4.73. The Morgan fingerprint density at radius 1 is 1.19 bits per heavy atom. The lowest BCUT2D eigenvalue weighted by molar-refractivity contribution is -0.115. The van der Waals surface area contributed by atoms with Crippen LogP contribution in [0.15, 0.2) is 53.4 Å². The van der Waals surface area contributed by atoms with E-state index in [1.165, 1.54) is 23.4 Å². The molecule has 0 heterocycles. The van der Waals surface area contributed by atoms with Gasteiger partial charge in [0.15, 0.2) is 0 Å². The van der Waals surface area contributed by atoms with Crippen molar-refractivity contribution in [3.8, 4) is 0 Å². The number of rotatable bonds is 5. The van der Waals surface area contributed by atoms with Gasteiger partial charge in [0.1, 0.15) is 5.82 Å².